The summed E-state index contributed by atoms with van der Waals surface area (Å²) in [6.45, 7) is 1.38. The topological polar surface area (TPSA) is 71.1 Å². The van der Waals surface area contributed by atoms with E-state index >= 15 is 0 Å². The van der Waals surface area contributed by atoms with Crippen molar-refractivity contribution >= 4 is 28.3 Å². The van der Waals surface area contributed by atoms with E-state index in [9.17, 15) is 18.4 Å². The molecule has 1 aliphatic carbocycles. The van der Waals surface area contributed by atoms with Crippen molar-refractivity contribution < 1.29 is 18.4 Å². The van der Waals surface area contributed by atoms with Crippen molar-refractivity contribution in [3.8, 4) is 11.3 Å². The van der Waals surface area contributed by atoms with Crippen LogP contribution in [0.2, 0.25) is 0 Å². The van der Waals surface area contributed by atoms with Crippen LogP contribution in [0.5, 0.6) is 0 Å². The molecule has 5 nitrogen and oxygen atoms in total. The molecule has 3 rings (SSSR count). The van der Waals surface area contributed by atoms with Gasteiger partial charge in [-0.2, -0.15) is 0 Å². The number of amides is 2. The third-order valence-electron chi connectivity index (χ3n) is 4.45. The fraction of sp³-hybridized carbons (Fsp3) is 0.389. The smallest absolute Gasteiger partial charge is 0.249 e. The van der Waals surface area contributed by atoms with Crippen molar-refractivity contribution in [3.05, 3.63) is 35.2 Å². The number of hydrogen-bond acceptors (Lipinski definition) is 4. The number of hydrogen-bond donors (Lipinski definition) is 2. The van der Waals surface area contributed by atoms with Crippen LogP contribution in [0.3, 0.4) is 0 Å². The van der Waals surface area contributed by atoms with Gasteiger partial charge in [0.05, 0.1) is 5.69 Å². The minimum atomic E-state index is -0.617. The van der Waals surface area contributed by atoms with E-state index in [2.05, 4.69) is 15.6 Å². The van der Waals surface area contributed by atoms with E-state index in [1.165, 1.54) is 6.92 Å². The lowest BCUT2D eigenvalue weighted by Crippen LogP contribution is -2.47. The SMILES string of the molecule is CC(=O)NC(C(=O)Nc1nc(-c2cc(F)ccc2F)cs1)C1CCCC1. The molecule has 2 N–H and O–H groups in total. The van der Waals surface area contributed by atoms with Gasteiger partial charge in [-0.1, -0.05) is 12.8 Å². The van der Waals surface area contributed by atoms with Gasteiger partial charge in [-0.05, 0) is 37.0 Å². The van der Waals surface area contributed by atoms with Crippen molar-refractivity contribution in [1.82, 2.24) is 10.3 Å². The number of anilines is 1. The quantitative estimate of drug-likeness (QED) is 0.832. The number of nitrogens with zero attached hydrogens (tertiary/aromatic N) is 1. The standard InChI is InChI=1S/C18H19F2N3O2S/c1-10(24)21-16(11-4-2-3-5-11)17(25)23-18-22-15(9-26-18)13-8-12(19)6-7-14(13)20/h6-9,11,16H,2-5H2,1H3,(H,21,24)(H,22,23,25). The van der Waals surface area contributed by atoms with Gasteiger partial charge in [0, 0.05) is 17.9 Å². The highest BCUT2D eigenvalue weighted by atomic mass is 32.1. The number of aromatic nitrogens is 1. The molecule has 0 radical (unpaired) electrons. The summed E-state index contributed by atoms with van der Waals surface area (Å²) in [5.41, 5.74) is 0.287. The summed E-state index contributed by atoms with van der Waals surface area (Å²) >= 11 is 1.12. The van der Waals surface area contributed by atoms with Crippen LogP contribution >= 0.6 is 11.3 Å². The van der Waals surface area contributed by atoms with Gasteiger partial charge in [0.15, 0.2) is 5.13 Å². The normalized spacial score (nSPS) is 15.7. The number of halogens is 2. The zero-order chi connectivity index (χ0) is 18.7. The fourth-order valence-electron chi connectivity index (χ4n) is 3.24. The highest BCUT2D eigenvalue weighted by Crippen LogP contribution is 2.30. The summed E-state index contributed by atoms with van der Waals surface area (Å²) in [6.07, 6.45) is 3.84. The maximum absolute atomic E-state index is 13.9. The van der Waals surface area contributed by atoms with Crippen molar-refractivity contribution in [1.29, 1.82) is 0 Å². The van der Waals surface area contributed by atoms with E-state index in [1.807, 2.05) is 0 Å². The van der Waals surface area contributed by atoms with Gasteiger partial charge in [0.1, 0.15) is 17.7 Å². The summed E-state index contributed by atoms with van der Waals surface area (Å²) < 4.78 is 27.2. The molecule has 0 bridgehead atoms. The molecule has 1 fully saturated rings. The molecule has 1 atom stereocenters. The maximum atomic E-state index is 13.9. The number of carbonyl (C=O) groups is 2. The van der Waals surface area contributed by atoms with Gasteiger partial charge in [-0.3, -0.25) is 9.59 Å². The lowest BCUT2D eigenvalue weighted by Gasteiger charge is -2.22. The van der Waals surface area contributed by atoms with Crippen molar-refractivity contribution in [2.75, 3.05) is 5.32 Å². The summed E-state index contributed by atoms with van der Waals surface area (Å²) in [6, 6.07) is 2.52. The molecule has 8 heteroatoms. The first kappa shape index (κ1) is 18.4. The molecule has 0 saturated heterocycles. The molecule has 1 saturated carbocycles. The molecule has 26 heavy (non-hydrogen) atoms. The lowest BCUT2D eigenvalue weighted by molar-refractivity contribution is -0.126. The number of carbonyl (C=O) groups excluding carboxylic acids is 2. The lowest BCUT2D eigenvalue weighted by atomic mass is 9.97. The first-order valence-corrected chi connectivity index (χ1v) is 9.31. The van der Waals surface area contributed by atoms with E-state index in [0.29, 0.717) is 0 Å². The molecule has 1 unspecified atom stereocenters. The van der Waals surface area contributed by atoms with Crippen molar-refractivity contribution in [2.24, 2.45) is 5.92 Å². The number of nitrogens with one attached hydrogen (secondary N) is 2. The average molecular weight is 379 g/mol. The molecule has 2 aromatic rings. The van der Waals surface area contributed by atoms with E-state index in [4.69, 9.17) is 0 Å². The first-order valence-electron chi connectivity index (χ1n) is 8.43. The van der Waals surface area contributed by atoms with Crippen LogP contribution in [-0.4, -0.2) is 22.8 Å². The van der Waals surface area contributed by atoms with Crippen LogP contribution in [0, 0.1) is 17.6 Å². The predicted molar refractivity (Wildman–Crippen MR) is 95.7 cm³/mol. The van der Waals surface area contributed by atoms with E-state index < -0.39 is 17.7 Å². The van der Waals surface area contributed by atoms with Crippen LogP contribution in [0.15, 0.2) is 23.6 Å². The Morgan fingerprint density at radius 2 is 2.00 bits per heavy atom. The molecule has 0 aliphatic heterocycles. The van der Waals surface area contributed by atoms with Gasteiger partial charge in [0.2, 0.25) is 11.8 Å². The highest BCUT2D eigenvalue weighted by molar-refractivity contribution is 7.14. The van der Waals surface area contributed by atoms with Crippen molar-refractivity contribution in [2.45, 2.75) is 38.6 Å². The zero-order valence-corrected chi connectivity index (χ0v) is 15.0. The third kappa shape index (κ3) is 4.24. The average Bonchev–Trinajstić information content (AvgIpc) is 3.26. The zero-order valence-electron chi connectivity index (χ0n) is 14.2. The minimum absolute atomic E-state index is 0.0379. The molecular weight excluding hydrogens is 360 g/mol. The highest BCUT2D eigenvalue weighted by Gasteiger charge is 2.31. The molecule has 1 heterocycles. The monoisotopic (exact) mass is 379 g/mol. The molecule has 1 aromatic heterocycles. The second-order valence-electron chi connectivity index (χ2n) is 6.37. The number of rotatable bonds is 5. The minimum Gasteiger partial charge on any atom is -0.344 e. The number of benzene rings is 1. The van der Waals surface area contributed by atoms with Gasteiger partial charge >= 0.3 is 0 Å². The Hall–Kier alpha value is -2.35. The summed E-state index contributed by atoms with van der Waals surface area (Å²) in [7, 11) is 0. The fourth-order valence-corrected chi connectivity index (χ4v) is 3.95. The first-order chi connectivity index (χ1) is 12.4. The second-order valence-corrected chi connectivity index (χ2v) is 7.23. The van der Waals surface area contributed by atoms with E-state index in [-0.39, 0.29) is 34.1 Å². The van der Waals surface area contributed by atoms with Gasteiger partial charge < -0.3 is 10.6 Å². The third-order valence-corrected chi connectivity index (χ3v) is 5.21. The molecule has 1 aliphatic rings. The van der Waals surface area contributed by atoms with E-state index in [0.717, 1.165) is 55.2 Å². The maximum Gasteiger partial charge on any atom is 0.249 e. The Morgan fingerprint density at radius 1 is 1.27 bits per heavy atom. The predicted octanol–water partition coefficient (Wildman–Crippen LogP) is 3.72. The molecule has 1 aromatic carbocycles. The van der Waals surface area contributed by atoms with E-state index in [1.54, 1.807) is 5.38 Å². The van der Waals surface area contributed by atoms with Gasteiger partial charge in [-0.15, -0.1) is 11.3 Å². The largest absolute Gasteiger partial charge is 0.344 e. The Bertz CT molecular complexity index is 819. The molecule has 0 spiro atoms. The Morgan fingerprint density at radius 3 is 2.69 bits per heavy atom. The molecule has 138 valence electrons. The van der Waals surface area contributed by atoms with Gasteiger partial charge in [-0.25, -0.2) is 13.8 Å². The summed E-state index contributed by atoms with van der Waals surface area (Å²) in [5, 5.41) is 7.23. The summed E-state index contributed by atoms with van der Waals surface area (Å²) in [5.74, 6) is -1.66. The summed E-state index contributed by atoms with van der Waals surface area (Å²) in [4.78, 5) is 28.2. The Labute approximate surface area is 153 Å². The molecular formula is C18H19F2N3O2S. The number of thiazole rings is 1. The van der Waals surface area contributed by atoms with Crippen LogP contribution < -0.4 is 10.6 Å². The second kappa shape index (κ2) is 7.90. The van der Waals surface area contributed by atoms with Crippen LogP contribution in [0.4, 0.5) is 13.9 Å². The van der Waals surface area contributed by atoms with Crippen LogP contribution in [0.25, 0.3) is 11.3 Å². The van der Waals surface area contributed by atoms with Crippen LogP contribution in [0.1, 0.15) is 32.6 Å². The molecule has 2 amide bonds. The van der Waals surface area contributed by atoms with Crippen molar-refractivity contribution in [3.63, 3.8) is 0 Å². The van der Waals surface area contributed by atoms with Crippen LogP contribution in [-0.2, 0) is 9.59 Å². The Balaban J connectivity index is 1.75. The van der Waals surface area contributed by atoms with Gasteiger partial charge in [0.25, 0.3) is 0 Å². The Kier molecular flexibility index (Phi) is 5.61.